The van der Waals surface area contributed by atoms with Crippen LogP contribution < -0.4 is 0 Å². The molecule has 0 unspecified atom stereocenters. The molecule has 0 aromatic rings. The van der Waals surface area contributed by atoms with Gasteiger partial charge in [-0.2, -0.15) is 0 Å². The highest BCUT2D eigenvalue weighted by Crippen LogP contribution is 2.38. The summed E-state index contributed by atoms with van der Waals surface area (Å²) in [6.45, 7) is 13.8. The molecule has 0 aromatic carbocycles. The molecular weight excluding hydrogens is 200 g/mol. The van der Waals surface area contributed by atoms with E-state index in [1.807, 2.05) is 0 Å². The van der Waals surface area contributed by atoms with E-state index in [4.69, 9.17) is 4.43 Å². The first-order valence-electron chi connectivity index (χ1n) is 6.07. The van der Waals surface area contributed by atoms with Gasteiger partial charge in [-0.1, -0.05) is 13.8 Å². The largest absolute Gasteiger partial charge is 0.547 e. The van der Waals surface area contributed by atoms with Gasteiger partial charge in [-0.05, 0) is 56.8 Å². The summed E-state index contributed by atoms with van der Waals surface area (Å²) in [5.41, 5.74) is 1.91. The van der Waals surface area contributed by atoms with Crippen LogP contribution in [-0.4, -0.2) is 8.32 Å². The fourth-order valence-electron chi connectivity index (χ4n) is 2.14. The van der Waals surface area contributed by atoms with E-state index >= 15 is 0 Å². The third-order valence-corrected chi connectivity index (χ3v) is 3.81. The second-order valence-electron chi connectivity index (χ2n) is 6.61. The molecule has 0 aromatic heterocycles. The van der Waals surface area contributed by atoms with Gasteiger partial charge in [-0.3, -0.25) is 0 Å². The normalized spacial score (nSPS) is 22.5. The van der Waals surface area contributed by atoms with E-state index in [0.29, 0.717) is 5.41 Å². The van der Waals surface area contributed by atoms with Crippen molar-refractivity contribution in [2.45, 2.75) is 66.1 Å². The van der Waals surface area contributed by atoms with Gasteiger partial charge >= 0.3 is 0 Å². The van der Waals surface area contributed by atoms with Crippen molar-refractivity contribution in [2.24, 2.45) is 5.41 Å². The molecule has 0 spiro atoms. The number of allylic oxidation sites excluding steroid dienone is 2. The Balaban J connectivity index is 2.82. The maximum absolute atomic E-state index is 6.23. The van der Waals surface area contributed by atoms with E-state index in [1.54, 1.807) is 0 Å². The molecule has 1 rings (SSSR count). The van der Waals surface area contributed by atoms with E-state index in [1.165, 1.54) is 30.6 Å². The molecule has 0 amide bonds. The highest BCUT2D eigenvalue weighted by Gasteiger charge is 2.27. The lowest BCUT2D eigenvalue weighted by atomic mass is 9.85. The monoisotopic (exact) mass is 226 g/mol. The minimum atomic E-state index is -1.43. The fraction of sp³-hybridized carbons (Fsp3) is 0.846. The van der Waals surface area contributed by atoms with Crippen LogP contribution in [0.25, 0.3) is 0 Å². The number of rotatable bonds is 2. The first-order valence-corrected chi connectivity index (χ1v) is 9.48. The highest BCUT2D eigenvalue weighted by atomic mass is 28.4. The summed E-state index contributed by atoms with van der Waals surface area (Å²) in [6, 6.07) is 0. The molecule has 0 heterocycles. The Morgan fingerprint density at radius 2 is 1.80 bits per heavy atom. The van der Waals surface area contributed by atoms with Crippen molar-refractivity contribution in [3.05, 3.63) is 11.3 Å². The van der Waals surface area contributed by atoms with E-state index in [2.05, 4.69) is 40.4 Å². The van der Waals surface area contributed by atoms with Gasteiger partial charge in [0.1, 0.15) is 0 Å². The van der Waals surface area contributed by atoms with Crippen molar-refractivity contribution in [2.75, 3.05) is 0 Å². The van der Waals surface area contributed by atoms with Crippen molar-refractivity contribution < 1.29 is 4.43 Å². The predicted molar refractivity (Wildman–Crippen MR) is 69.4 cm³/mol. The third kappa shape index (κ3) is 4.41. The molecule has 0 saturated carbocycles. The number of hydrogen-bond donors (Lipinski definition) is 0. The summed E-state index contributed by atoms with van der Waals surface area (Å²) in [5, 5.41) is 0. The molecule has 88 valence electrons. The third-order valence-electron chi connectivity index (χ3n) is 2.95. The van der Waals surface area contributed by atoms with Crippen molar-refractivity contribution >= 4 is 8.32 Å². The summed E-state index contributed by atoms with van der Waals surface area (Å²) < 4.78 is 6.23. The molecule has 0 fully saturated rings. The van der Waals surface area contributed by atoms with Gasteiger partial charge in [-0.25, -0.2) is 0 Å². The molecular formula is C13H26OSi. The average Bonchev–Trinajstić information content (AvgIpc) is 2.08. The van der Waals surface area contributed by atoms with Gasteiger partial charge in [0, 0.05) is 6.42 Å². The van der Waals surface area contributed by atoms with Crippen LogP contribution in [0, 0.1) is 5.41 Å². The average molecular weight is 226 g/mol. The smallest absolute Gasteiger partial charge is 0.241 e. The highest BCUT2D eigenvalue weighted by molar-refractivity contribution is 6.70. The van der Waals surface area contributed by atoms with Crippen LogP contribution in [0.5, 0.6) is 0 Å². The van der Waals surface area contributed by atoms with Crippen LogP contribution >= 0.6 is 0 Å². The summed E-state index contributed by atoms with van der Waals surface area (Å²) in [5.74, 6) is 1.30. The molecule has 0 aliphatic heterocycles. The van der Waals surface area contributed by atoms with Crippen LogP contribution in [0.1, 0.15) is 46.5 Å². The summed E-state index contributed by atoms with van der Waals surface area (Å²) in [7, 11) is -1.43. The van der Waals surface area contributed by atoms with Crippen LogP contribution in [0.2, 0.25) is 19.6 Å². The minimum absolute atomic E-state index is 0.423. The van der Waals surface area contributed by atoms with Crippen LogP contribution in [0.15, 0.2) is 11.3 Å². The lowest BCUT2D eigenvalue weighted by Crippen LogP contribution is -2.26. The first-order chi connectivity index (χ1) is 6.70. The molecule has 0 bridgehead atoms. The quantitative estimate of drug-likeness (QED) is 0.619. The summed E-state index contributed by atoms with van der Waals surface area (Å²) in [6.07, 6.45) is 4.99. The molecule has 2 heteroatoms. The zero-order valence-electron chi connectivity index (χ0n) is 11.2. The zero-order valence-corrected chi connectivity index (χ0v) is 12.2. The zero-order chi connectivity index (χ0) is 11.7. The Labute approximate surface area is 96.0 Å². The molecule has 0 radical (unpaired) electrons. The molecule has 0 atom stereocenters. The molecule has 1 aliphatic carbocycles. The molecule has 0 saturated heterocycles. The Hall–Kier alpha value is -0.243. The van der Waals surface area contributed by atoms with Crippen molar-refractivity contribution in [3.8, 4) is 0 Å². The standard InChI is InChI=1S/C13H26OSi/c1-11-8-7-9-13(2,3)10-12(11)14-15(4,5)6/h7-10H2,1-6H3. The molecule has 0 N–H and O–H groups in total. The van der Waals surface area contributed by atoms with Gasteiger partial charge < -0.3 is 4.43 Å². The van der Waals surface area contributed by atoms with Gasteiger partial charge in [0.25, 0.3) is 0 Å². The van der Waals surface area contributed by atoms with Crippen LogP contribution in [0.4, 0.5) is 0 Å². The summed E-state index contributed by atoms with van der Waals surface area (Å²) >= 11 is 0. The van der Waals surface area contributed by atoms with Crippen molar-refractivity contribution in [3.63, 3.8) is 0 Å². The second-order valence-corrected chi connectivity index (χ2v) is 11.0. The maximum Gasteiger partial charge on any atom is 0.241 e. The van der Waals surface area contributed by atoms with E-state index in [9.17, 15) is 0 Å². The first kappa shape index (κ1) is 12.8. The molecule has 15 heavy (non-hydrogen) atoms. The molecule has 1 nitrogen and oxygen atoms in total. The van der Waals surface area contributed by atoms with Gasteiger partial charge in [0.2, 0.25) is 8.32 Å². The van der Waals surface area contributed by atoms with E-state index in [0.717, 1.165) is 6.42 Å². The van der Waals surface area contributed by atoms with Gasteiger partial charge in [0.15, 0.2) is 0 Å². The van der Waals surface area contributed by atoms with E-state index < -0.39 is 8.32 Å². The summed E-state index contributed by atoms with van der Waals surface area (Å²) in [4.78, 5) is 0. The van der Waals surface area contributed by atoms with Gasteiger partial charge in [-0.15, -0.1) is 0 Å². The fourth-order valence-corrected chi connectivity index (χ4v) is 3.12. The van der Waals surface area contributed by atoms with Crippen LogP contribution in [-0.2, 0) is 4.43 Å². The predicted octanol–water partition coefficient (Wildman–Crippen LogP) is 4.71. The maximum atomic E-state index is 6.23. The SMILES string of the molecule is CC1=C(O[Si](C)(C)C)CC(C)(C)CCC1. The Kier molecular flexibility index (Phi) is 3.70. The van der Waals surface area contributed by atoms with Crippen LogP contribution in [0.3, 0.4) is 0 Å². The van der Waals surface area contributed by atoms with Crippen molar-refractivity contribution in [1.29, 1.82) is 0 Å². The molecule has 1 aliphatic rings. The second kappa shape index (κ2) is 4.32. The number of hydrogen-bond acceptors (Lipinski definition) is 1. The lowest BCUT2D eigenvalue weighted by Gasteiger charge is -2.28. The van der Waals surface area contributed by atoms with E-state index in [-0.39, 0.29) is 0 Å². The van der Waals surface area contributed by atoms with Gasteiger partial charge in [0.05, 0.1) is 5.76 Å². The van der Waals surface area contributed by atoms with Crippen molar-refractivity contribution in [1.82, 2.24) is 0 Å². The minimum Gasteiger partial charge on any atom is -0.547 e. The lowest BCUT2D eigenvalue weighted by molar-refractivity contribution is 0.278. The Morgan fingerprint density at radius 1 is 1.20 bits per heavy atom. The Bertz CT molecular complexity index is 258. The topological polar surface area (TPSA) is 9.23 Å². The Morgan fingerprint density at radius 3 is 2.33 bits per heavy atom.